The first-order chi connectivity index (χ1) is 19.6. The van der Waals surface area contributed by atoms with E-state index in [2.05, 4.69) is 11.7 Å². The molecule has 2 atom stereocenters. The van der Waals surface area contributed by atoms with E-state index in [0.29, 0.717) is 24.5 Å². The maximum atomic E-state index is 15.3. The van der Waals surface area contributed by atoms with Gasteiger partial charge in [-0.05, 0) is 73.1 Å². The fourth-order valence-corrected chi connectivity index (χ4v) is 5.65. The van der Waals surface area contributed by atoms with E-state index in [0.717, 1.165) is 51.8 Å². The monoisotopic (exact) mass is 556 g/mol. The number of carboxylic acid groups (broad SMARTS) is 1. The zero-order chi connectivity index (χ0) is 29.3. The van der Waals surface area contributed by atoms with Crippen molar-refractivity contribution in [2.24, 2.45) is 7.05 Å². The Kier molecular flexibility index (Phi) is 7.92. The van der Waals surface area contributed by atoms with Gasteiger partial charge in [-0.1, -0.05) is 30.9 Å². The summed E-state index contributed by atoms with van der Waals surface area (Å²) >= 11 is 0. The Morgan fingerprint density at radius 2 is 1.93 bits per heavy atom. The molecule has 2 heterocycles. The molecule has 1 aliphatic heterocycles. The Morgan fingerprint density at radius 1 is 1.17 bits per heavy atom. The Bertz CT molecular complexity index is 1630. The number of hydrogen-bond acceptors (Lipinski definition) is 5. The normalized spacial score (nSPS) is 21.3. The van der Waals surface area contributed by atoms with E-state index in [1.54, 1.807) is 31.4 Å². The van der Waals surface area contributed by atoms with Crippen LogP contribution in [0.1, 0.15) is 53.9 Å². The van der Waals surface area contributed by atoms with Gasteiger partial charge in [-0.25, -0.2) is 9.07 Å². The third-order valence-electron chi connectivity index (χ3n) is 7.76. The molecular weight excluding hydrogens is 523 g/mol. The van der Waals surface area contributed by atoms with Gasteiger partial charge in [0.2, 0.25) is 0 Å². The maximum Gasteiger partial charge on any atom is 0.304 e. The lowest BCUT2D eigenvalue weighted by molar-refractivity contribution is -0.137. The summed E-state index contributed by atoms with van der Waals surface area (Å²) < 4.78 is 28.5. The van der Waals surface area contributed by atoms with Gasteiger partial charge in [0, 0.05) is 41.8 Å². The van der Waals surface area contributed by atoms with Crippen LogP contribution in [0.5, 0.6) is 11.5 Å². The van der Waals surface area contributed by atoms with Crippen LogP contribution >= 0.6 is 0 Å². The lowest BCUT2D eigenvalue weighted by atomic mass is 9.89. The van der Waals surface area contributed by atoms with Crippen LogP contribution in [0.2, 0.25) is 0 Å². The summed E-state index contributed by atoms with van der Waals surface area (Å²) in [7, 11) is 1.62. The van der Waals surface area contributed by atoms with Gasteiger partial charge in [0.1, 0.15) is 23.4 Å². The molecular formula is C33H33FN2O5. The van der Waals surface area contributed by atoms with Crippen molar-refractivity contribution in [3.8, 4) is 22.6 Å². The lowest BCUT2D eigenvalue weighted by Crippen LogP contribution is -2.19. The quantitative estimate of drug-likeness (QED) is 0.376. The summed E-state index contributed by atoms with van der Waals surface area (Å²) in [6, 6.07) is 11.0. The molecule has 0 bridgehead atoms. The zero-order valence-electron chi connectivity index (χ0n) is 23.4. The van der Waals surface area contributed by atoms with Crippen LogP contribution in [-0.2, 0) is 11.8 Å². The molecule has 8 heteroatoms. The van der Waals surface area contributed by atoms with Crippen LogP contribution in [0, 0.1) is 13.8 Å². The molecule has 1 N–H and O–H groups in total. The summed E-state index contributed by atoms with van der Waals surface area (Å²) in [5.74, 6) is -0.377. The average molecular weight is 557 g/mol. The number of ether oxygens (including phenoxy) is 2. The number of aliphatic carboxylic acids is 1. The first kappa shape index (κ1) is 28.1. The molecule has 0 spiro atoms. The SMILES string of the molecule is C=C1/C(F)=C\C=C(\c2c(C)cc(-c3cnn(C)c(=O)c3)cc2C)CCC[C@H]1Oc1ccc2c(c1)OC[C@H]2CC(=O)O. The summed E-state index contributed by atoms with van der Waals surface area (Å²) in [6.45, 7) is 8.36. The molecule has 0 radical (unpaired) electrons. The number of aromatic nitrogens is 2. The molecule has 41 heavy (non-hydrogen) atoms. The molecule has 0 unspecified atom stereocenters. The zero-order valence-corrected chi connectivity index (χ0v) is 23.4. The Morgan fingerprint density at radius 3 is 2.63 bits per heavy atom. The molecule has 0 saturated heterocycles. The van der Waals surface area contributed by atoms with E-state index in [-0.39, 0.29) is 23.5 Å². The number of rotatable bonds is 6. The Hall–Kier alpha value is -4.46. The number of benzene rings is 2. The van der Waals surface area contributed by atoms with Crippen LogP contribution in [-0.4, -0.2) is 33.6 Å². The third-order valence-corrected chi connectivity index (χ3v) is 7.76. The number of fused-ring (bicyclic) bond motifs is 1. The number of carboxylic acids is 1. The van der Waals surface area contributed by atoms with Crippen LogP contribution in [0.3, 0.4) is 0 Å². The molecule has 5 rings (SSSR count). The molecule has 0 amide bonds. The van der Waals surface area contributed by atoms with Gasteiger partial charge in [0.15, 0.2) is 0 Å². The van der Waals surface area contributed by atoms with Crippen LogP contribution in [0.4, 0.5) is 4.39 Å². The highest BCUT2D eigenvalue weighted by Gasteiger charge is 2.28. The fourth-order valence-electron chi connectivity index (χ4n) is 5.65. The Balaban J connectivity index is 1.34. The van der Waals surface area contributed by atoms with Crippen molar-refractivity contribution in [2.45, 2.75) is 51.6 Å². The molecule has 3 aromatic rings. The van der Waals surface area contributed by atoms with E-state index in [1.807, 2.05) is 38.1 Å². The standard InChI is InChI=1S/C33H33FN2O5/c1-19-12-23(24-14-31(37)36(4)35-17-24)13-20(2)33(19)22-6-5-7-29(21(3)28(34)11-8-22)41-26-9-10-27-25(15-32(38)39)18-40-30(27)16-26/h8-14,16-17,25,29H,3,5-7,15,18H2,1-2,4H3,(H,38,39)/b22-8+,28-11+/t25-,29-/m1/s1. The van der Waals surface area contributed by atoms with E-state index in [4.69, 9.17) is 14.6 Å². The summed E-state index contributed by atoms with van der Waals surface area (Å²) in [5.41, 5.74) is 6.76. The molecule has 212 valence electrons. The lowest BCUT2D eigenvalue weighted by Gasteiger charge is -2.21. The predicted molar refractivity (Wildman–Crippen MR) is 156 cm³/mol. The number of allylic oxidation sites excluding steroid dienone is 3. The first-order valence-corrected chi connectivity index (χ1v) is 13.7. The number of carbonyl (C=O) groups is 1. The molecule has 2 aromatic carbocycles. The summed E-state index contributed by atoms with van der Waals surface area (Å²) in [5, 5.41) is 13.3. The fraction of sp³-hybridized carbons (Fsp3) is 0.303. The second-order valence-electron chi connectivity index (χ2n) is 10.7. The van der Waals surface area contributed by atoms with Crippen molar-refractivity contribution in [1.82, 2.24) is 9.78 Å². The third kappa shape index (κ3) is 6.01. The van der Waals surface area contributed by atoms with E-state index in [1.165, 1.54) is 10.8 Å². The van der Waals surface area contributed by atoms with Gasteiger partial charge in [-0.2, -0.15) is 5.10 Å². The molecule has 2 aliphatic rings. The highest BCUT2D eigenvalue weighted by molar-refractivity contribution is 5.76. The average Bonchev–Trinajstić information content (AvgIpc) is 3.33. The minimum atomic E-state index is -0.870. The maximum absolute atomic E-state index is 15.3. The second kappa shape index (κ2) is 11.6. The van der Waals surface area contributed by atoms with Gasteiger partial charge in [-0.15, -0.1) is 0 Å². The number of halogens is 1. The second-order valence-corrected chi connectivity index (χ2v) is 10.7. The van der Waals surface area contributed by atoms with Gasteiger partial charge < -0.3 is 14.6 Å². The van der Waals surface area contributed by atoms with Crippen molar-refractivity contribution in [3.05, 3.63) is 105 Å². The van der Waals surface area contributed by atoms with Crippen molar-refractivity contribution in [1.29, 1.82) is 0 Å². The molecule has 0 saturated carbocycles. The number of hydrogen-bond donors (Lipinski definition) is 1. The first-order valence-electron chi connectivity index (χ1n) is 13.7. The van der Waals surface area contributed by atoms with Crippen LogP contribution in [0.25, 0.3) is 16.7 Å². The minimum Gasteiger partial charge on any atom is -0.492 e. The van der Waals surface area contributed by atoms with Crippen LogP contribution in [0.15, 0.2) is 77.5 Å². The number of aryl methyl sites for hydroxylation is 3. The van der Waals surface area contributed by atoms with Crippen molar-refractivity contribution in [3.63, 3.8) is 0 Å². The van der Waals surface area contributed by atoms with E-state index >= 15 is 4.39 Å². The van der Waals surface area contributed by atoms with E-state index in [9.17, 15) is 9.59 Å². The van der Waals surface area contributed by atoms with Gasteiger partial charge in [-0.3, -0.25) is 9.59 Å². The smallest absolute Gasteiger partial charge is 0.304 e. The van der Waals surface area contributed by atoms with E-state index < -0.39 is 17.9 Å². The predicted octanol–water partition coefficient (Wildman–Crippen LogP) is 6.44. The summed E-state index contributed by atoms with van der Waals surface area (Å²) in [6.07, 6.45) is 6.43. The van der Waals surface area contributed by atoms with Crippen LogP contribution < -0.4 is 15.0 Å². The van der Waals surface area contributed by atoms with Crippen molar-refractivity contribution in [2.75, 3.05) is 6.61 Å². The Labute approximate surface area is 238 Å². The molecule has 1 aliphatic carbocycles. The van der Waals surface area contributed by atoms with Crippen molar-refractivity contribution < 1.29 is 23.8 Å². The highest BCUT2D eigenvalue weighted by Crippen LogP contribution is 2.39. The summed E-state index contributed by atoms with van der Waals surface area (Å²) in [4.78, 5) is 23.3. The molecule has 0 fully saturated rings. The topological polar surface area (TPSA) is 90.7 Å². The van der Waals surface area contributed by atoms with Gasteiger partial charge >= 0.3 is 5.97 Å². The largest absolute Gasteiger partial charge is 0.492 e. The van der Waals surface area contributed by atoms with Gasteiger partial charge in [0.05, 0.1) is 19.2 Å². The van der Waals surface area contributed by atoms with Crippen molar-refractivity contribution >= 4 is 11.5 Å². The number of nitrogens with zero attached hydrogens (tertiary/aromatic N) is 2. The molecule has 7 nitrogen and oxygen atoms in total. The van der Waals surface area contributed by atoms with Gasteiger partial charge in [0.25, 0.3) is 5.56 Å². The highest BCUT2D eigenvalue weighted by atomic mass is 19.1. The minimum absolute atomic E-state index is 0.00302. The molecule has 1 aromatic heterocycles.